The Morgan fingerprint density at radius 1 is 1.10 bits per heavy atom. The highest BCUT2D eigenvalue weighted by Crippen LogP contribution is 2.37. The molecule has 2 N–H and O–H groups in total. The molecule has 42 heavy (non-hydrogen) atoms. The van der Waals surface area contributed by atoms with E-state index in [0.29, 0.717) is 12.8 Å². The molecule has 0 radical (unpaired) electrons. The number of H-pyrrole nitrogens is 1. The van der Waals surface area contributed by atoms with Gasteiger partial charge in [-0.05, 0) is 88.6 Å². The number of aromatic nitrogens is 2. The van der Waals surface area contributed by atoms with E-state index in [1.165, 1.54) is 48.0 Å². The van der Waals surface area contributed by atoms with Gasteiger partial charge in [0.1, 0.15) is 22.9 Å². The molecule has 2 aromatic heterocycles. The third-order valence-electron chi connectivity index (χ3n) is 6.85. The van der Waals surface area contributed by atoms with Crippen LogP contribution in [0.1, 0.15) is 65.6 Å². The number of halogens is 2. The summed E-state index contributed by atoms with van der Waals surface area (Å²) < 4.78 is 64.5. The Hall–Kier alpha value is -4.32. The first-order valence-electron chi connectivity index (χ1n) is 13.2. The fourth-order valence-corrected chi connectivity index (χ4v) is 6.02. The van der Waals surface area contributed by atoms with Crippen LogP contribution in [0.5, 0.6) is 0 Å². The SMILES string of the molecule is Cc1cc2c(-c3ccc[nH]c3=O)c(C(=O)NS(=O)(=O)C3CC3)n(Cc3cc(C(=O)OC(C)(C)C)ccc3F)c2cc1F. The number of pyridine rings is 1. The summed E-state index contributed by atoms with van der Waals surface area (Å²) in [6.45, 7) is 6.16. The van der Waals surface area contributed by atoms with Crippen molar-refractivity contribution in [1.82, 2.24) is 14.3 Å². The number of hydrogen-bond acceptors (Lipinski definition) is 6. The van der Waals surface area contributed by atoms with Gasteiger partial charge in [-0.3, -0.25) is 9.59 Å². The topological polar surface area (TPSA) is 127 Å². The number of nitrogens with one attached hydrogen (secondary N) is 2. The molecule has 2 heterocycles. The first-order valence-corrected chi connectivity index (χ1v) is 14.8. The van der Waals surface area contributed by atoms with Crippen molar-refractivity contribution in [3.8, 4) is 11.1 Å². The van der Waals surface area contributed by atoms with Gasteiger partial charge >= 0.3 is 5.97 Å². The molecule has 0 aliphatic heterocycles. The van der Waals surface area contributed by atoms with Crippen molar-refractivity contribution < 1.29 is 31.5 Å². The summed E-state index contributed by atoms with van der Waals surface area (Å²) >= 11 is 0. The van der Waals surface area contributed by atoms with E-state index in [9.17, 15) is 27.2 Å². The number of esters is 1. The second kappa shape index (κ2) is 10.5. The van der Waals surface area contributed by atoms with Gasteiger partial charge in [-0.15, -0.1) is 0 Å². The van der Waals surface area contributed by atoms with Crippen molar-refractivity contribution in [3.63, 3.8) is 0 Å². The van der Waals surface area contributed by atoms with E-state index in [1.54, 1.807) is 20.8 Å². The summed E-state index contributed by atoms with van der Waals surface area (Å²) in [5.41, 5.74) is -1.25. The van der Waals surface area contributed by atoms with Crippen LogP contribution in [0.2, 0.25) is 0 Å². The molecule has 1 aliphatic carbocycles. The van der Waals surface area contributed by atoms with E-state index in [2.05, 4.69) is 9.71 Å². The molecule has 1 aliphatic rings. The number of hydrogen-bond donors (Lipinski definition) is 2. The van der Waals surface area contributed by atoms with Crippen LogP contribution in [-0.2, 0) is 21.3 Å². The van der Waals surface area contributed by atoms with Crippen molar-refractivity contribution in [2.24, 2.45) is 0 Å². The zero-order chi connectivity index (χ0) is 30.6. The lowest BCUT2D eigenvalue weighted by molar-refractivity contribution is 0.00691. The maximum Gasteiger partial charge on any atom is 0.338 e. The Bertz CT molecular complexity index is 1920. The number of carbonyl (C=O) groups excluding carboxylic acids is 2. The van der Waals surface area contributed by atoms with E-state index in [4.69, 9.17) is 4.74 Å². The van der Waals surface area contributed by atoms with E-state index in [-0.39, 0.29) is 44.4 Å². The molecule has 0 spiro atoms. The number of carbonyl (C=O) groups is 2. The van der Waals surface area contributed by atoms with Crippen LogP contribution in [-0.4, -0.2) is 40.7 Å². The second-order valence-corrected chi connectivity index (χ2v) is 13.3. The second-order valence-electron chi connectivity index (χ2n) is 11.3. The summed E-state index contributed by atoms with van der Waals surface area (Å²) in [4.78, 5) is 42.0. The molecular weight excluding hydrogens is 568 g/mol. The van der Waals surface area contributed by atoms with E-state index in [0.717, 1.165) is 12.1 Å². The first kappa shape index (κ1) is 29.2. The molecule has 12 heteroatoms. The van der Waals surface area contributed by atoms with E-state index < -0.39 is 56.5 Å². The predicted octanol–water partition coefficient (Wildman–Crippen LogP) is 4.81. The number of aryl methyl sites for hydroxylation is 1. The average Bonchev–Trinajstić information content (AvgIpc) is 3.71. The van der Waals surface area contributed by atoms with Crippen molar-refractivity contribution >= 4 is 32.8 Å². The summed E-state index contributed by atoms with van der Waals surface area (Å²) in [6, 6.07) is 9.17. The van der Waals surface area contributed by atoms with Gasteiger partial charge in [0.15, 0.2) is 0 Å². The van der Waals surface area contributed by atoms with Gasteiger partial charge in [0.2, 0.25) is 10.0 Å². The number of ether oxygens (including phenoxy) is 1. The molecule has 1 amide bonds. The van der Waals surface area contributed by atoms with Gasteiger partial charge in [0.05, 0.1) is 22.9 Å². The fourth-order valence-electron chi connectivity index (χ4n) is 4.74. The Kier molecular flexibility index (Phi) is 7.30. The van der Waals surface area contributed by atoms with E-state index >= 15 is 4.39 Å². The largest absolute Gasteiger partial charge is 0.456 e. The smallest absolute Gasteiger partial charge is 0.338 e. The highest BCUT2D eigenvalue weighted by Gasteiger charge is 2.38. The predicted molar refractivity (Wildman–Crippen MR) is 153 cm³/mol. The highest BCUT2D eigenvalue weighted by atomic mass is 32.2. The number of benzene rings is 2. The van der Waals surface area contributed by atoms with Crippen molar-refractivity contribution in [2.75, 3.05) is 0 Å². The minimum absolute atomic E-state index is 0.0317. The normalized spacial score (nSPS) is 13.8. The summed E-state index contributed by atoms with van der Waals surface area (Å²) in [7, 11) is -4.04. The van der Waals surface area contributed by atoms with Gasteiger partial charge in [0.25, 0.3) is 11.5 Å². The zero-order valence-corrected chi connectivity index (χ0v) is 24.2. The third-order valence-corrected chi connectivity index (χ3v) is 8.67. The van der Waals surface area contributed by atoms with Crippen molar-refractivity contribution in [3.05, 3.63) is 93.0 Å². The molecule has 0 unspecified atom stereocenters. The number of aromatic amines is 1. The molecule has 1 fully saturated rings. The Labute approximate surface area is 240 Å². The van der Waals surface area contributed by atoms with Gasteiger partial charge in [-0.1, -0.05) is 0 Å². The molecular formula is C30H29F2N3O6S. The maximum absolute atomic E-state index is 15.2. The number of amides is 1. The molecule has 5 rings (SSSR count). The summed E-state index contributed by atoms with van der Waals surface area (Å²) in [5, 5.41) is -0.450. The van der Waals surface area contributed by atoms with Crippen LogP contribution in [0.4, 0.5) is 8.78 Å². The number of sulfonamides is 1. The van der Waals surface area contributed by atoms with Crippen LogP contribution in [0.15, 0.2) is 53.5 Å². The number of nitrogens with zero attached hydrogens (tertiary/aromatic N) is 1. The van der Waals surface area contributed by atoms with Crippen molar-refractivity contribution in [1.29, 1.82) is 0 Å². The lowest BCUT2D eigenvalue weighted by atomic mass is 10.0. The van der Waals surface area contributed by atoms with Gasteiger partial charge in [-0.25, -0.2) is 26.7 Å². The molecule has 2 aromatic carbocycles. The monoisotopic (exact) mass is 597 g/mol. The molecule has 220 valence electrons. The molecule has 9 nitrogen and oxygen atoms in total. The Morgan fingerprint density at radius 2 is 1.81 bits per heavy atom. The van der Waals surface area contributed by atoms with Gasteiger partial charge < -0.3 is 14.3 Å². The van der Waals surface area contributed by atoms with Crippen LogP contribution >= 0.6 is 0 Å². The molecule has 0 bridgehead atoms. The van der Waals surface area contributed by atoms with E-state index in [1.807, 2.05) is 0 Å². The number of rotatable bonds is 7. The maximum atomic E-state index is 15.2. The Balaban J connectivity index is 1.76. The molecule has 0 saturated heterocycles. The standard InChI is InChI=1S/C30H29F2N3O6S/c1-16-12-21-24(14-23(16)32)35(15-18-13-17(7-10-22(18)31)29(38)41-30(2,3)4)26(25(21)20-6-5-11-33-27(20)36)28(37)34-42(39,40)19-8-9-19/h5-7,10-14,19H,8-9,15H2,1-4H3,(H,33,36)(H,34,37). The highest BCUT2D eigenvalue weighted by molar-refractivity contribution is 7.91. The molecule has 0 atom stereocenters. The quantitative estimate of drug-likeness (QED) is 0.295. The average molecular weight is 598 g/mol. The third kappa shape index (κ3) is 5.71. The lowest BCUT2D eigenvalue weighted by Crippen LogP contribution is -2.35. The van der Waals surface area contributed by atoms with Crippen molar-refractivity contribution in [2.45, 2.75) is 57.9 Å². The summed E-state index contributed by atoms with van der Waals surface area (Å²) in [6.07, 6.45) is 2.18. The fraction of sp³-hybridized carbons (Fsp3) is 0.300. The first-order chi connectivity index (χ1) is 19.7. The molecule has 1 saturated carbocycles. The van der Waals surface area contributed by atoms with Crippen LogP contribution < -0.4 is 10.3 Å². The summed E-state index contributed by atoms with van der Waals surface area (Å²) in [5.74, 6) is -3.12. The minimum atomic E-state index is -4.04. The van der Waals surface area contributed by atoms with Crippen LogP contribution in [0.3, 0.4) is 0 Å². The number of fused-ring (bicyclic) bond motifs is 1. The van der Waals surface area contributed by atoms with Gasteiger partial charge in [-0.2, -0.15) is 0 Å². The zero-order valence-electron chi connectivity index (χ0n) is 23.4. The van der Waals surface area contributed by atoms with Gasteiger partial charge in [0, 0.05) is 28.3 Å². The van der Waals surface area contributed by atoms with Crippen LogP contribution in [0, 0.1) is 18.6 Å². The lowest BCUT2D eigenvalue weighted by Gasteiger charge is -2.20. The van der Waals surface area contributed by atoms with Crippen LogP contribution in [0.25, 0.3) is 22.0 Å². The molecule has 4 aromatic rings. The Morgan fingerprint density at radius 3 is 2.45 bits per heavy atom. The minimum Gasteiger partial charge on any atom is -0.456 e.